The van der Waals surface area contributed by atoms with E-state index in [2.05, 4.69) is 4.99 Å². The van der Waals surface area contributed by atoms with Gasteiger partial charge in [0, 0.05) is 5.56 Å². The molecule has 2 aliphatic rings. The Bertz CT molecular complexity index is 851. The van der Waals surface area contributed by atoms with E-state index in [-0.39, 0.29) is 18.6 Å². The van der Waals surface area contributed by atoms with Gasteiger partial charge in [-0.1, -0.05) is 49.9 Å². The highest BCUT2D eigenvalue weighted by Crippen LogP contribution is 2.37. The molecule has 0 radical (unpaired) electrons. The summed E-state index contributed by atoms with van der Waals surface area (Å²) in [6.07, 6.45) is -0.437. The first-order valence-corrected chi connectivity index (χ1v) is 9.62. The minimum Gasteiger partial charge on any atom is -0.467 e. The molecule has 2 aliphatic heterocycles. The van der Waals surface area contributed by atoms with Crippen molar-refractivity contribution in [2.45, 2.75) is 58.5 Å². The number of aliphatic imine (C=N–C) groups is 1. The van der Waals surface area contributed by atoms with Crippen molar-refractivity contribution in [2.75, 3.05) is 6.67 Å². The van der Waals surface area contributed by atoms with E-state index >= 15 is 0 Å². The van der Waals surface area contributed by atoms with Crippen molar-refractivity contribution in [1.82, 2.24) is 0 Å². The van der Waals surface area contributed by atoms with Crippen LogP contribution < -0.4 is 5.46 Å². The molecule has 0 bridgehead atoms. The number of alkyl halides is 1. The second-order valence-corrected chi connectivity index (χ2v) is 8.32. The fourth-order valence-electron chi connectivity index (χ4n) is 3.40. The third-order valence-electron chi connectivity index (χ3n) is 5.84. The standard InChI is InChI=1S/C22H25BFNO3.CH4/c1-21(2)22(3,4)28-23(27-21)17-12-10-15(11-13-17)19-18(14-24)25-20(26-19)16-8-6-5-7-9-16;/h5-13,18-19H,14H2,1-4H3;1H4/t18-,19-;/m1./s1. The van der Waals surface area contributed by atoms with E-state index in [4.69, 9.17) is 14.0 Å². The lowest BCUT2D eigenvalue weighted by atomic mass is 9.78. The number of nitrogens with zero attached hydrogens (tertiary/aromatic N) is 1. The summed E-state index contributed by atoms with van der Waals surface area (Å²) in [5.74, 6) is 0.489. The van der Waals surface area contributed by atoms with Crippen LogP contribution in [-0.2, 0) is 14.0 Å². The van der Waals surface area contributed by atoms with Crippen LogP contribution in [0, 0.1) is 0 Å². The molecule has 4 nitrogen and oxygen atoms in total. The van der Waals surface area contributed by atoms with E-state index in [1.807, 2.05) is 82.3 Å². The zero-order chi connectivity index (χ0) is 19.9. The Balaban J connectivity index is 0.00000240. The van der Waals surface area contributed by atoms with Crippen LogP contribution in [0.3, 0.4) is 0 Å². The van der Waals surface area contributed by atoms with Crippen LogP contribution in [0.5, 0.6) is 0 Å². The van der Waals surface area contributed by atoms with Gasteiger partial charge >= 0.3 is 7.12 Å². The van der Waals surface area contributed by atoms with Gasteiger partial charge in [0.05, 0.1) is 11.2 Å². The Hall–Kier alpha value is -2.18. The summed E-state index contributed by atoms with van der Waals surface area (Å²) in [4.78, 5) is 4.44. The molecule has 4 rings (SSSR count). The lowest BCUT2D eigenvalue weighted by Gasteiger charge is -2.32. The molecule has 0 aliphatic carbocycles. The molecule has 1 fully saturated rings. The Morgan fingerprint density at radius 3 is 2.07 bits per heavy atom. The number of hydrogen-bond acceptors (Lipinski definition) is 4. The summed E-state index contributed by atoms with van der Waals surface area (Å²) in [5, 5.41) is 0. The summed E-state index contributed by atoms with van der Waals surface area (Å²) in [6.45, 7) is 7.55. The summed E-state index contributed by atoms with van der Waals surface area (Å²) in [7, 11) is -0.420. The van der Waals surface area contributed by atoms with Crippen molar-refractivity contribution in [3.63, 3.8) is 0 Å². The predicted molar refractivity (Wildman–Crippen MR) is 115 cm³/mol. The molecule has 0 spiro atoms. The van der Waals surface area contributed by atoms with Crippen LogP contribution in [0.25, 0.3) is 0 Å². The Kier molecular flexibility index (Phi) is 5.88. The normalized spacial score (nSPS) is 24.6. The van der Waals surface area contributed by atoms with Gasteiger partial charge < -0.3 is 14.0 Å². The molecular weight excluding hydrogens is 368 g/mol. The molecule has 0 unspecified atom stereocenters. The molecule has 6 heteroatoms. The highest BCUT2D eigenvalue weighted by molar-refractivity contribution is 6.62. The third kappa shape index (κ3) is 3.96. The quantitative estimate of drug-likeness (QED) is 0.715. The average molecular weight is 397 g/mol. The number of ether oxygens (including phenoxy) is 1. The maximum Gasteiger partial charge on any atom is 0.494 e. The first-order valence-electron chi connectivity index (χ1n) is 9.62. The molecule has 2 atom stereocenters. The molecule has 2 aromatic rings. The summed E-state index contributed by atoms with van der Waals surface area (Å²) in [5.41, 5.74) is 1.90. The lowest BCUT2D eigenvalue weighted by Crippen LogP contribution is -2.41. The average Bonchev–Trinajstić information content (AvgIpc) is 3.21. The highest BCUT2D eigenvalue weighted by Gasteiger charge is 2.51. The lowest BCUT2D eigenvalue weighted by molar-refractivity contribution is 0.00578. The van der Waals surface area contributed by atoms with Crippen LogP contribution in [0.15, 0.2) is 59.6 Å². The molecule has 0 N–H and O–H groups in total. The molecular formula is C23H29BFNO3. The Labute approximate surface area is 173 Å². The van der Waals surface area contributed by atoms with Gasteiger partial charge in [0.1, 0.15) is 12.7 Å². The monoisotopic (exact) mass is 397 g/mol. The van der Waals surface area contributed by atoms with Crippen molar-refractivity contribution in [3.05, 3.63) is 65.7 Å². The third-order valence-corrected chi connectivity index (χ3v) is 5.84. The van der Waals surface area contributed by atoms with E-state index in [1.54, 1.807) is 0 Å². The zero-order valence-corrected chi connectivity index (χ0v) is 16.7. The Morgan fingerprint density at radius 2 is 1.52 bits per heavy atom. The van der Waals surface area contributed by atoms with Crippen LogP contribution in [0.2, 0.25) is 0 Å². The van der Waals surface area contributed by atoms with Crippen LogP contribution in [0.1, 0.15) is 52.4 Å². The maximum absolute atomic E-state index is 13.6. The molecule has 154 valence electrons. The van der Waals surface area contributed by atoms with Gasteiger partial charge in [0.25, 0.3) is 0 Å². The van der Waals surface area contributed by atoms with Gasteiger partial charge in [0.15, 0.2) is 6.10 Å². The van der Waals surface area contributed by atoms with Gasteiger partial charge in [-0.15, -0.1) is 0 Å². The second kappa shape index (κ2) is 7.92. The molecule has 1 saturated heterocycles. The molecule has 29 heavy (non-hydrogen) atoms. The van der Waals surface area contributed by atoms with Crippen LogP contribution >= 0.6 is 0 Å². The maximum atomic E-state index is 13.6. The number of halogens is 1. The first kappa shape index (κ1) is 21.5. The van der Waals surface area contributed by atoms with Crippen LogP contribution in [-0.4, -0.2) is 36.9 Å². The van der Waals surface area contributed by atoms with Gasteiger partial charge in [-0.25, -0.2) is 9.38 Å². The summed E-state index contributed by atoms with van der Waals surface area (Å²) in [6, 6.07) is 16.8. The van der Waals surface area contributed by atoms with Gasteiger partial charge in [-0.3, -0.25) is 0 Å². The topological polar surface area (TPSA) is 40.0 Å². The molecule has 0 amide bonds. The van der Waals surface area contributed by atoms with E-state index in [1.165, 1.54) is 0 Å². The molecule has 2 aromatic carbocycles. The Morgan fingerprint density at radius 1 is 0.931 bits per heavy atom. The fourth-order valence-corrected chi connectivity index (χ4v) is 3.40. The highest BCUT2D eigenvalue weighted by atomic mass is 19.1. The van der Waals surface area contributed by atoms with Gasteiger partial charge in [-0.05, 0) is 50.9 Å². The SMILES string of the molecule is C.CC1(C)OB(c2ccc([C@H]3OC(c4ccccc4)=N[C@@H]3CF)cc2)OC1(C)C. The number of rotatable bonds is 4. The number of hydrogen-bond donors (Lipinski definition) is 0. The summed E-state index contributed by atoms with van der Waals surface area (Å²) < 4.78 is 31.8. The molecule has 0 saturated carbocycles. The number of benzene rings is 2. The van der Waals surface area contributed by atoms with Crippen molar-refractivity contribution in [1.29, 1.82) is 0 Å². The largest absolute Gasteiger partial charge is 0.494 e. The summed E-state index contributed by atoms with van der Waals surface area (Å²) >= 11 is 0. The van der Waals surface area contributed by atoms with E-state index in [0.29, 0.717) is 5.90 Å². The van der Waals surface area contributed by atoms with Crippen molar-refractivity contribution in [2.24, 2.45) is 4.99 Å². The molecule has 0 aromatic heterocycles. The van der Waals surface area contributed by atoms with Crippen molar-refractivity contribution < 1.29 is 18.4 Å². The van der Waals surface area contributed by atoms with Crippen molar-refractivity contribution >= 4 is 18.5 Å². The minimum atomic E-state index is -0.569. The smallest absolute Gasteiger partial charge is 0.467 e. The zero-order valence-electron chi connectivity index (χ0n) is 16.7. The van der Waals surface area contributed by atoms with Gasteiger partial charge in [0.2, 0.25) is 5.90 Å². The second-order valence-electron chi connectivity index (χ2n) is 8.32. The molecule has 2 heterocycles. The fraction of sp³-hybridized carbons (Fsp3) is 0.435. The van der Waals surface area contributed by atoms with Crippen molar-refractivity contribution in [3.8, 4) is 0 Å². The minimum absolute atomic E-state index is 0. The van der Waals surface area contributed by atoms with E-state index < -0.39 is 25.9 Å². The predicted octanol–water partition coefficient (Wildman–Crippen LogP) is 4.48. The van der Waals surface area contributed by atoms with Gasteiger partial charge in [-0.2, -0.15) is 0 Å². The van der Waals surface area contributed by atoms with E-state index in [0.717, 1.165) is 16.6 Å². The first-order chi connectivity index (χ1) is 13.3. The van der Waals surface area contributed by atoms with E-state index in [9.17, 15) is 4.39 Å². The van der Waals surface area contributed by atoms with Crippen LogP contribution in [0.4, 0.5) is 4.39 Å².